The van der Waals surface area contributed by atoms with Gasteiger partial charge in [0.05, 0.1) is 11.0 Å². The molecule has 0 unspecified atom stereocenters. The minimum Gasteiger partial charge on any atom is -0.475 e. The molecule has 0 aliphatic carbocycles. The predicted molar refractivity (Wildman–Crippen MR) is 53.3 cm³/mol. The molecule has 1 aromatic carbocycles. The lowest BCUT2D eigenvalue weighted by Crippen LogP contribution is -1.99. The summed E-state index contributed by atoms with van der Waals surface area (Å²) in [7, 11) is 0. The van der Waals surface area contributed by atoms with E-state index in [1.807, 2.05) is 0 Å². The first-order chi connectivity index (χ1) is 8.90. The summed E-state index contributed by atoms with van der Waals surface area (Å²) in [6.45, 7) is 0. The summed E-state index contributed by atoms with van der Waals surface area (Å²) in [6, 6.07) is 0.821. The Hall–Kier alpha value is -2.91. The van der Waals surface area contributed by atoms with Crippen LogP contribution >= 0.6 is 0 Å². The van der Waals surface area contributed by atoms with Crippen molar-refractivity contribution < 1.29 is 28.1 Å². The monoisotopic (exact) mass is 271 g/mol. The van der Waals surface area contributed by atoms with E-state index in [1.54, 1.807) is 0 Å². The van der Waals surface area contributed by atoms with Crippen LogP contribution in [-0.2, 0) is 0 Å². The van der Waals surface area contributed by atoms with Crippen LogP contribution in [0, 0.1) is 21.7 Å². The van der Waals surface area contributed by atoms with Gasteiger partial charge in [0.25, 0.3) is 17.4 Å². The lowest BCUT2D eigenvalue weighted by atomic mass is 10.1. The van der Waals surface area contributed by atoms with E-state index in [9.17, 15) is 23.7 Å². The van der Waals surface area contributed by atoms with Gasteiger partial charge in [0.2, 0.25) is 0 Å². The van der Waals surface area contributed by atoms with E-state index in [0.717, 1.165) is 0 Å². The van der Waals surface area contributed by atoms with Gasteiger partial charge in [0.15, 0.2) is 11.6 Å². The van der Waals surface area contributed by atoms with Crippen molar-refractivity contribution >= 4 is 11.7 Å². The lowest BCUT2D eigenvalue weighted by molar-refractivity contribution is -0.384. The number of rotatable bonds is 3. The molecule has 0 aliphatic heterocycles. The maximum absolute atomic E-state index is 13.1. The van der Waals surface area contributed by atoms with E-state index >= 15 is 0 Å². The highest BCUT2D eigenvalue weighted by Crippen LogP contribution is 2.30. The number of halogens is 2. The van der Waals surface area contributed by atoms with Crippen molar-refractivity contribution in [3.8, 4) is 11.5 Å². The van der Waals surface area contributed by atoms with E-state index in [2.05, 4.69) is 14.7 Å². The summed E-state index contributed by atoms with van der Waals surface area (Å²) in [5, 5.41) is 22.3. The molecule has 1 heterocycles. The molecule has 8 nitrogen and oxygen atoms in total. The average Bonchev–Trinajstić information content (AvgIpc) is 2.81. The van der Waals surface area contributed by atoms with Crippen molar-refractivity contribution in [1.82, 2.24) is 10.1 Å². The summed E-state index contributed by atoms with van der Waals surface area (Å²) in [6.07, 6.45) is 0. The van der Waals surface area contributed by atoms with Crippen molar-refractivity contribution in [2.75, 3.05) is 0 Å². The minimum atomic E-state index is -1.53. The van der Waals surface area contributed by atoms with Crippen molar-refractivity contribution in [3.63, 3.8) is 0 Å². The second kappa shape index (κ2) is 4.40. The van der Waals surface area contributed by atoms with Crippen LogP contribution in [0.15, 0.2) is 16.7 Å². The van der Waals surface area contributed by atoms with E-state index in [0.29, 0.717) is 12.1 Å². The van der Waals surface area contributed by atoms with Gasteiger partial charge in [-0.3, -0.25) is 10.1 Å². The number of carboxylic acids is 1. The van der Waals surface area contributed by atoms with Gasteiger partial charge in [-0.15, -0.1) is 0 Å². The number of hydrogen-bond donors (Lipinski definition) is 1. The maximum Gasteiger partial charge on any atom is 0.377 e. The third-order valence-corrected chi connectivity index (χ3v) is 2.08. The predicted octanol–water partition coefficient (Wildman–Crippen LogP) is 1.62. The number of aromatic nitrogens is 2. The molecule has 0 spiro atoms. The Morgan fingerprint density at radius 3 is 2.53 bits per heavy atom. The van der Waals surface area contributed by atoms with Crippen LogP contribution in [0.2, 0.25) is 0 Å². The fourth-order valence-corrected chi connectivity index (χ4v) is 1.28. The molecular formula is C9H3F2N3O5. The molecule has 10 heteroatoms. The number of benzene rings is 1. The second-order valence-corrected chi connectivity index (χ2v) is 3.27. The molecule has 0 amide bonds. The number of carbonyl (C=O) groups is 1. The van der Waals surface area contributed by atoms with E-state index in [1.165, 1.54) is 0 Å². The highest BCUT2D eigenvalue weighted by atomic mass is 19.2. The summed E-state index contributed by atoms with van der Waals surface area (Å²) >= 11 is 0. The Kier molecular flexibility index (Phi) is 2.91. The molecule has 0 bridgehead atoms. The SMILES string of the molecule is O=C(O)c1noc(-c2cc(F)c(F)cc2[N+](=O)[O-])n1. The fourth-order valence-electron chi connectivity index (χ4n) is 1.28. The zero-order valence-electron chi connectivity index (χ0n) is 8.83. The molecule has 2 rings (SSSR count). The fraction of sp³-hybridized carbons (Fsp3) is 0. The van der Waals surface area contributed by atoms with Gasteiger partial charge in [-0.1, -0.05) is 0 Å². The number of nitro groups is 1. The molecule has 0 aliphatic rings. The number of carboxylic acid groups (broad SMARTS) is 1. The molecule has 0 fully saturated rings. The zero-order valence-corrected chi connectivity index (χ0v) is 8.83. The second-order valence-electron chi connectivity index (χ2n) is 3.27. The largest absolute Gasteiger partial charge is 0.475 e. The van der Waals surface area contributed by atoms with Crippen molar-refractivity contribution in [3.05, 3.63) is 39.7 Å². The number of nitro benzene ring substituents is 1. The normalized spacial score (nSPS) is 10.4. The van der Waals surface area contributed by atoms with Crippen molar-refractivity contribution in [2.24, 2.45) is 0 Å². The standard InChI is InChI=1S/C9H3F2N3O5/c10-4-1-3(6(14(17)18)2-5(4)11)8-12-7(9(15)16)13-19-8/h1-2H,(H,15,16). The molecule has 98 valence electrons. The van der Waals surface area contributed by atoms with Gasteiger partial charge < -0.3 is 9.63 Å². The van der Waals surface area contributed by atoms with Gasteiger partial charge in [-0.2, -0.15) is 4.98 Å². The van der Waals surface area contributed by atoms with Gasteiger partial charge in [-0.25, -0.2) is 13.6 Å². The molecule has 0 atom stereocenters. The molecule has 19 heavy (non-hydrogen) atoms. The molecule has 1 N–H and O–H groups in total. The molecule has 2 aromatic rings. The van der Waals surface area contributed by atoms with E-state index in [-0.39, 0.29) is 0 Å². The molecule has 1 aromatic heterocycles. The number of aromatic carboxylic acids is 1. The number of hydrogen-bond acceptors (Lipinski definition) is 6. The maximum atomic E-state index is 13.1. The average molecular weight is 271 g/mol. The molecule has 0 saturated heterocycles. The van der Waals surface area contributed by atoms with E-state index < -0.39 is 45.5 Å². The van der Waals surface area contributed by atoms with Crippen LogP contribution in [-0.4, -0.2) is 26.1 Å². The molecular weight excluding hydrogens is 268 g/mol. The van der Waals surface area contributed by atoms with Crippen LogP contribution in [0.3, 0.4) is 0 Å². The van der Waals surface area contributed by atoms with Gasteiger partial charge in [-0.05, 0) is 11.2 Å². The van der Waals surface area contributed by atoms with Crippen LogP contribution in [0.1, 0.15) is 10.6 Å². The Morgan fingerprint density at radius 2 is 2.00 bits per heavy atom. The third kappa shape index (κ3) is 2.22. The minimum absolute atomic E-state index is 0.343. The first-order valence-electron chi connectivity index (χ1n) is 4.61. The van der Waals surface area contributed by atoms with E-state index in [4.69, 9.17) is 5.11 Å². The van der Waals surface area contributed by atoms with Crippen LogP contribution in [0.4, 0.5) is 14.5 Å². The zero-order chi connectivity index (χ0) is 14.2. The van der Waals surface area contributed by atoms with Crippen LogP contribution < -0.4 is 0 Å². The molecule has 0 saturated carbocycles. The highest BCUT2D eigenvalue weighted by molar-refractivity contribution is 5.83. The van der Waals surface area contributed by atoms with Crippen LogP contribution in [0.5, 0.6) is 0 Å². The Morgan fingerprint density at radius 1 is 1.37 bits per heavy atom. The smallest absolute Gasteiger partial charge is 0.377 e. The number of nitrogens with zero attached hydrogens (tertiary/aromatic N) is 3. The summed E-state index contributed by atoms with van der Waals surface area (Å²) in [5.41, 5.74) is -1.33. The first kappa shape index (κ1) is 12.5. The van der Waals surface area contributed by atoms with Crippen molar-refractivity contribution in [2.45, 2.75) is 0 Å². The summed E-state index contributed by atoms with van der Waals surface area (Å²) in [5.74, 6) is -5.67. The Bertz CT molecular complexity index is 684. The lowest BCUT2D eigenvalue weighted by Gasteiger charge is -1.99. The quantitative estimate of drug-likeness (QED) is 0.665. The third-order valence-electron chi connectivity index (χ3n) is 2.08. The summed E-state index contributed by atoms with van der Waals surface area (Å²) < 4.78 is 30.5. The Labute approximate surface area is 102 Å². The van der Waals surface area contributed by atoms with Gasteiger partial charge in [0, 0.05) is 0 Å². The highest BCUT2D eigenvalue weighted by Gasteiger charge is 2.25. The molecule has 0 radical (unpaired) electrons. The van der Waals surface area contributed by atoms with Crippen molar-refractivity contribution in [1.29, 1.82) is 0 Å². The summed E-state index contributed by atoms with van der Waals surface area (Å²) in [4.78, 5) is 23.6. The van der Waals surface area contributed by atoms with Gasteiger partial charge >= 0.3 is 5.97 Å². The first-order valence-corrected chi connectivity index (χ1v) is 4.61. The Balaban J connectivity index is 2.62. The van der Waals surface area contributed by atoms with Crippen LogP contribution in [0.25, 0.3) is 11.5 Å². The topological polar surface area (TPSA) is 119 Å². The van der Waals surface area contributed by atoms with Gasteiger partial charge in [0.1, 0.15) is 5.56 Å².